The van der Waals surface area contributed by atoms with Crippen molar-refractivity contribution in [2.24, 2.45) is 0 Å². The van der Waals surface area contributed by atoms with Crippen molar-refractivity contribution in [2.45, 2.75) is 50.3 Å². The highest BCUT2D eigenvalue weighted by atomic mass is 19.4. The zero-order valence-electron chi connectivity index (χ0n) is 13.9. The van der Waals surface area contributed by atoms with E-state index in [-0.39, 0.29) is 6.61 Å². The van der Waals surface area contributed by atoms with E-state index in [9.17, 15) is 49.1 Å². The van der Waals surface area contributed by atoms with Crippen molar-refractivity contribution in [1.82, 2.24) is 5.32 Å². The lowest BCUT2D eigenvalue weighted by molar-refractivity contribution is -0.399. The summed E-state index contributed by atoms with van der Waals surface area (Å²) in [5, 5.41) is 1.36. The molecule has 27 heavy (non-hydrogen) atoms. The number of esters is 2. The molecule has 0 rings (SSSR count). The lowest BCUT2D eigenvalue weighted by Gasteiger charge is -2.37. The topological polar surface area (TPSA) is 64.6 Å². The third-order valence-corrected chi connectivity index (χ3v) is 3.08. The van der Waals surface area contributed by atoms with Gasteiger partial charge in [-0.25, -0.2) is 0 Å². The second kappa shape index (κ2) is 8.97. The van der Waals surface area contributed by atoms with Gasteiger partial charge in [-0.2, -0.15) is 39.5 Å². The van der Waals surface area contributed by atoms with Crippen LogP contribution in [0.1, 0.15) is 20.3 Å². The van der Waals surface area contributed by atoms with E-state index in [1.54, 1.807) is 0 Å². The second-order valence-corrected chi connectivity index (χ2v) is 5.02. The van der Waals surface area contributed by atoms with Gasteiger partial charge in [0.1, 0.15) is 0 Å². The van der Waals surface area contributed by atoms with Crippen molar-refractivity contribution in [3.63, 3.8) is 0 Å². The third kappa shape index (κ3) is 5.62. The minimum atomic E-state index is -7.12. The van der Waals surface area contributed by atoms with Crippen LogP contribution in [0.5, 0.6) is 0 Å². The number of carbonyl (C=O) groups is 2. The largest absolute Gasteiger partial charge is 0.466 e. The normalized spacial score (nSPS) is 14.6. The van der Waals surface area contributed by atoms with Crippen LogP contribution in [0.4, 0.5) is 39.5 Å². The minimum Gasteiger partial charge on any atom is -0.466 e. The van der Waals surface area contributed by atoms with E-state index in [1.165, 1.54) is 19.2 Å². The summed E-state index contributed by atoms with van der Waals surface area (Å²) in [7, 11) is 0. The minimum absolute atomic E-state index is 0.262. The SMILES string of the molecule is CCOC(=O)CNC(CC(=O)OCC)C(F)(F)C(F)(F)C(F)(F)C(F)(F)F. The summed E-state index contributed by atoms with van der Waals surface area (Å²) in [5.41, 5.74) is 0. The van der Waals surface area contributed by atoms with E-state index < -0.39 is 61.5 Å². The number of rotatable bonds is 10. The fourth-order valence-corrected chi connectivity index (χ4v) is 1.74. The number of carbonyl (C=O) groups excluding carboxylic acids is 2. The molecule has 1 atom stereocenters. The summed E-state index contributed by atoms with van der Waals surface area (Å²) in [6, 6.07) is -3.29. The van der Waals surface area contributed by atoms with Gasteiger partial charge >= 0.3 is 35.9 Å². The monoisotopic (exact) mass is 421 g/mol. The summed E-state index contributed by atoms with van der Waals surface area (Å²) in [6.45, 7) is 0.553. The van der Waals surface area contributed by atoms with E-state index >= 15 is 0 Å². The Balaban J connectivity index is 5.81. The molecule has 1 N–H and O–H groups in total. The van der Waals surface area contributed by atoms with Crippen molar-refractivity contribution < 1.29 is 58.6 Å². The Labute approximate surface area is 147 Å². The van der Waals surface area contributed by atoms with E-state index in [4.69, 9.17) is 0 Å². The number of hydrogen-bond donors (Lipinski definition) is 1. The number of nitrogens with one attached hydrogen (secondary N) is 1. The van der Waals surface area contributed by atoms with Gasteiger partial charge in [0.15, 0.2) is 0 Å². The maximum absolute atomic E-state index is 14.0. The molecule has 0 radical (unpaired) electrons. The molecule has 160 valence electrons. The van der Waals surface area contributed by atoms with Gasteiger partial charge in [0.2, 0.25) is 0 Å². The molecule has 0 saturated carbocycles. The molecule has 0 aromatic heterocycles. The summed E-state index contributed by atoms with van der Waals surface area (Å²) >= 11 is 0. The maximum atomic E-state index is 14.0. The zero-order chi connectivity index (χ0) is 21.7. The molecule has 0 aliphatic rings. The van der Waals surface area contributed by atoms with Crippen molar-refractivity contribution in [1.29, 1.82) is 0 Å². The first kappa shape index (κ1) is 25.3. The van der Waals surface area contributed by atoms with Gasteiger partial charge in [0, 0.05) is 0 Å². The smallest absolute Gasteiger partial charge is 0.460 e. The first-order valence-corrected chi connectivity index (χ1v) is 7.31. The van der Waals surface area contributed by atoms with E-state index in [2.05, 4.69) is 9.47 Å². The molecule has 0 amide bonds. The maximum Gasteiger partial charge on any atom is 0.460 e. The molecule has 0 aliphatic carbocycles. The Kier molecular flexibility index (Phi) is 8.40. The van der Waals surface area contributed by atoms with Crippen LogP contribution in [0.15, 0.2) is 0 Å². The fraction of sp³-hybridized carbons (Fsp3) is 0.846. The fourth-order valence-electron chi connectivity index (χ4n) is 1.74. The van der Waals surface area contributed by atoms with Gasteiger partial charge in [0.05, 0.1) is 32.2 Å². The highest BCUT2D eigenvalue weighted by molar-refractivity contribution is 5.72. The number of ether oxygens (including phenoxy) is 2. The quantitative estimate of drug-likeness (QED) is 0.434. The molecule has 0 aromatic rings. The Morgan fingerprint density at radius 2 is 1.26 bits per heavy atom. The number of alkyl halides is 9. The lowest BCUT2D eigenvalue weighted by atomic mass is 9.95. The molecular formula is C13H16F9NO4. The molecule has 0 bridgehead atoms. The molecule has 0 fully saturated rings. The summed E-state index contributed by atoms with van der Waals surface area (Å²) in [5.74, 6) is -23.1. The Hall–Kier alpha value is -1.73. The van der Waals surface area contributed by atoms with Crippen molar-refractivity contribution in [2.75, 3.05) is 19.8 Å². The predicted octanol–water partition coefficient (Wildman–Crippen LogP) is 2.93. The van der Waals surface area contributed by atoms with Gasteiger partial charge in [-0.05, 0) is 13.8 Å². The van der Waals surface area contributed by atoms with E-state index in [1.807, 2.05) is 0 Å². The second-order valence-electron chi connectivity index (χ2n) is 5.02. The number of hydrogen-bond acceptors (Lipinski definition) is 5. The van der Waals surface area contributed by atoms with E-state index in [0.29, 0.717) is 0 Å². The highest BCUT2D eigenvalue weighted by Gasteiger charge is 2.83. The van der Waals surface area contributed by atoms with Crippen LogP contribution in [0.2, 0.25) is 0 Å². The molecule has 0 aromatic carbocycles. The highest BCUT2D eigenvalue weighted by Crippen LogP contribution is 2.54. The van der Waals surface area contributed by atoms with Gasteiger partial charge in [-0.1, -0.05) is 0 Å². The van der Waals surface area contributed by atoms with Crippen LogP contribution in [-0.2, 0) is 19.1 Å². The van der Waals surface area contributed by atoms with Gasteiger partial charge in [-0.15, -0.1) is 0 Å². The van der Waals surface area contributed by atoms with Crippen LogP contribution in [0.3, 0.4) is 0 Å². The molecular weight excluding hydrogens is 405 g/mol. The van der Waals surface area contributed by atoms with Crippen LogP contribution in [0.25, 0.3) is 0 Å². The predicted molar refractivity (Wildman–Crippen MR) is 70.6 cm³/mol. The van der Waals surface area contributed by atoms with Crippen LogP contribution in [-0.4, -0.2) is 61.7 Å². The standard InChI is InChI=1S/C13H16F9NO4/c1-3-26-8(24)5-7(23-6-9(25)27-4-2)10(14,15)11(16,17)12(18,19)13(20,21)22/h7,23H,3-6H2,1-2H3. The Morgan fingerprint density at radius 1 is 0.815 bits per heavy atom. The van der Waals surface area contributed by atoms with Gasteiger partial charge in [-0.3, -0.25) is 14.9 Å². The molecule has 0 spiro atoms. The molecule has 0 saturated heterocycles. The van der Waals surface area contributed by atoms with Crippen LogP contribution < -0.4 is 5.32 Å². The molecule has 14 heteroatoms. The average molecular weight is 421 g/mol. The molecule has 5 nitrogen and oxygen atoms in total. The summed E-state index contributed by atoms with van der Waals surface area (Å²) < 4.78 is 126. The van der Waals surface area contributed by atoms with Crippen molar-refractivity contribution in [3.05, 3.63) is 0 Å². The van der Waals surface area contributed by atoms with Gasteiger partial charge < -0.3 is 9.47 Å². The first-order valence-electron chi connectivity index (χ1n) is 7.31. The lowest BCUT2D eigenvalue weighted by Crippen LogP contribution is -2.67. The first-order chi connectivity index (χ1) is 12.1. The van der Waals surface area contributed by atoms with Crippen LogP contribution in [0, 0.1) is 0 Å². The van der Waals surface area contributed by atoms with Crippen molar-refractivity contribution in [3.8, 4) is 0 Å². The van der Waals surface area contributed by atoms with E-state index in [0.717, 1.165) is 0 Å². The molecule has 0 aliphatic heterocycles. The zero-order valence-corrected chi connectivity index (χ0v) is 13.9. The average Bonchev–Trinajstić information content (AvgIpc) is 2.50. The molecule has 1 unspecified atom stereocenters. The Morgan fingerprint density at radius 3 is 1.67 bits per heavy atom. The third-order valence-electron chi connectivity index (χ3n) is 3.08. The van der Waals surface area contributed by atoms with Gasteiger partial charge in [0.25, 0.3) is 0 Å². The molecule has 0 heterocycles. The summed E-state index contributed by atoms with van der Waals surface area (Å²) in [6.07, 6.45) is -8.72. The number of halogens is 9. The van der Waals surface area contributed by atoms with Crippen molar-refractivity contribution >= 4 is 11.9 Å². The summed E-state index contributed by atoms with van der Waals surface area (Å²) in [4.78, 5) is 22.4. The Bertz CT molecular complexity index is 522. The van der Waals surface area contributed by atoms with Crippen LogP contribution >= 0.6 is 0 Å².